The Bertz CT molecular complexity index is 2130. The van der Waals surface area contributed by atoms with E-state index in [0.717, 1.165) is 69.4 Å². The van der Waals surface area contributed by atoms with Gasteiger partial charge < -0.3 is 19.9 Å². The van der Waals surface area contributed by atoms with Gasteiger partial charge in [-0.05, 0) is 89.2 Å². The molecule has 0 bridgehead atoms. The third-order valence-electron chi connectivity index (χ3n) is 11.5. The molecule has 52 heavy (non-hydrogen) atoms. The van der Waals surface area contributed by atoms with Crippen LogP contribution in [0.2, 0.25) is 5.02 Å². The molecule has 2 aromatic carbocycles. The largest absolute Gasteiger partial charge is 0.461 e. The predicted molar refractivity (Wildman–Crippen MR) is 202 cm³/mol. The highest BCUT2D eigenvalue weighted by Crippen LogP contribution is 2.48. The van der Waals surface area contributed by atoms with Crippen LogP contribution in [0, 0.1) is 28.4 Å². The molecule has 9 nitrogen and oxygen atoms in total. The number of amides is 1. The summed E-state index contributed by atoms with van der Waals surface area (Å²) in [7, 11) is 0. The number of halogens is 3. The summed E-state index contributed by atoms with van der Waals surface area (Å²) in [5, 5.41) is 14.9. The van der Waals surface area contributed by atoms with Gasteiger partial charge in [-0.2, -0.15) is 15.2 Å². The minimum atomic E-state index is -0.685. The van der Waals surface area contributed by atoms with Gasteiger partial charge in [0.25, 0.3) is 0 Å². The number of hydrogen-bond donors (Lipinski definition) is 1. The molecule has 4 aliphatic heterocycles. The van der Waals surface area contributed by atoms with Crippen LogP contribution in [0.25, 0.3) is 32.1 Å². The highest BCUT2D eigenvalue weighted by atomic mass is 35.5. The fourth-order valence-electron chi connectivity index (χ4n) is 9.08. The number of nitrogens with zero attached hydrogens (tertiary/aromatic N) is 6. The molecule has 4 saturated heterocycles. The lowest BCUT2D eigenvalue weighted by atomic mass is 9.75. The Morgan fingerprint density at radius 3 is 2.62 bits per heavy atom. The molecule has 0 aliphatic carbocycles. The highest BCUT2D eigenvalue weighted by molar-refractivity contribution is 7.23. The number of anilines is 2. The van der Waals surface area contributed by atoms with Crippen LogP contribution in [0.4, 0.5) is 19.6 Å². The Morgan fingerprint density at radius 2 is 1.90 bits per heavy atom. The average Bonchev–Trinajstić information content (AvgIpc) is 3.75. The average molecular weight is 746 g/mol. The van der Waals surface area contributed by atoms with Crippen LogP contribution < -0.4 is 15.0 Å². The van der Waals surface area contributed by atoms with Gasteiger partial charge >= 0.3 is 6.01 Å². The molecule has 4 aromatic rings. The lowest BCUT2D eigenvalue weighted by molar-refractivity contribution is -0.137. The number of carbonyl (C=O) groups is 1. The first-order valence-electron chi connectivity index (χ1n) is 18.2. The van der Waals surface area contributed by atoms with E-state index in [1.54, 1.807) is 6.07 Å². The predicted octanol–water partition coefficient (Wildman–Crippen LogP) is 8.15. The molecule has 8 rings (SSSR count). The van der Waals surface area contributed by atoms with Crippen molar-refractivity contribution in [2.75, 3.05) is 56.1 Å². The molecule has 6 heterocycles. The molecule has 0 unspecified atom stereocenters. The van der Waals surface area contributed by atoms with Crippen LogP contribution in [0.15, 0.2) is 30.9 Å². The van der Waals surface area contributed by atoms with Crippen molar-refractivity contribution < 1.29 is 18.3 Å². The third kappa shape index (κ3) is 5.85. The van der Waals surface area contributed by atoms with Crippen LogP contribution >= 0.6 is 22.9 Å². The normalized spacial score (nSPS) is 19.6. The maximum atomic E-state index is 17.4. The summed E-state index contributed by atoms with van der Waals surface area (Å²) in [6, 6.07) is 6.78. The van der Waals surface area contributed by atoms with Crippen LogP contribution in [0.3, 0.4) is 0 Å². The molecule has 1 spiro atoms. The minimum Gasteiger partial charge on any atom is -0.461 e. The van der Waals surface area contributed by atoms with Gasteiger partial charge in [-0.15, -0.1) is 11.3 Å². The molecular formula is C39H42ClF2N7O2S. The van der Waals surface area contributed by atoms with Crippen molar-refractivity contribution in [1.29, 1.82) is 5.26 Å². The summed E-state index contributed by atoms with van der Waals surface area (Å²) < 4.78 is 39.4. The molecule has 2 aromatic heterocycles. The molecular weight excluding hydrogens is 704 g/mol. The van der Waals surface area contributed by atoms with Crippen LogP contribution in [-0.4, -0.2) is 83.1 Å². The van der Waals surface area contributed by atoms with Gasteiger partial charge in [0, 0.05) is 54.0 Å². The van der Waals surface area contributed by atoms with Crippen molar-refractivity contribution in [2.45, 2.75) is 70.4 Å². The number of nitrogens with one attached hydrogen (secondary N) is 1. The first-order chi connectivity index (χ1) is 25.0. The quantitative estimate of drug-likeness (QED) is 0.181. The maximum Gasteiger partial charge on any atom is 0.319 e. The number of carbonyl (C=O) groups excluding carboxylic acids is 1. The smallest absolute Gasteiger partial charge is 0.319 e. The van der Waals surface area contributed by atoms with Crippen molar-refractivity contribution >= 4 is 60.7 Å². The molecule has 0 radical (unpaired) electrons. The SMILES string of the molecule is C=CC(=O)N1CC2(CCCCN(c3nc(OCC45CCCN4CCC5)nc4c(F)c(-c5ccc(F)c6sc(NC(C)C)c(C#N)c56)c(Cl)cc34)C2)C1. The van der Waals surface area contributed by atoms with E-state index in [2.05, 4.69) is 27.8 Å². The van der Waals surface area contributed by atoms with E-state index in [9.17, 15) is 10.1 Å². The molecule has 4 fully saturated rings. The van der Waals surface area contributed by atoms with E-state index < -0.39 is 11.6 Å². The second-order valence-corrected chi connectivity index (χ2v) is 16.7. The van der Waals surface area contributed by atoms with E-state index in [1.807, 2.05) is 18.7 Å². The first-order valence-corrected chi connectivity index (χ1v) is 19.4. The Morgan fingerprint density at radius 1 is 1.13 bits per heavy atom. The van der Waals surface area contributed by atoms with E-state index in [4.69, 9.17) is 26.3 Å². The highest BCUT2D eigenvalue weighted by Gasteiger charge is 2.47. The van der Waals surface area contributed by atoms with E-state index in [-0.39, 0.29) is 55.3 Å². The zero-order chi connectivity index (χ0) is 36.4. The van der Waals surface area contributed by atoms with Crippen molar-refractivity contribution in [1.82, 2.24) is 19.8 Å². The number of aromatic nitrogens is 2. The summed E-state index contributed by atoms with van der Waals surface area (Å²) in [6.07, 6.45) is 8.50. The lowest BCUT2D eigenvalue weighted by Gasteiger charge is -2.51. The number of likely N-dealkylation sites (tertiary alicyclic amines) is 1. The van der Waals surface area contributed by atoms with Crippen molar-refractivity contribution in [3.63, 3.8) is 0 Å². The zero-order valence-electron chi connectivity index (χ0n) is 29.5. The molecule has 272 valence electrons. The number of nitriles is 1. The summed E-state index contributed by atoms with van der Waals surface area (Å²) in [4.78, 5) is 28.6. The summed E-state index contributed by atoms with van der Waals surface area (Å²) in [5.41, 5.74) is 0.444. The van der Waals surface area contributed by atoms with Crippen molar-refractivity contribution in [3.8, 4) is 23.2 Å². The van der Waals surface area contributed by atoms with Crippen molar-refractivity contribution in [2.24, 2.45) is 5.41 Å². The number of benzene rings is 2. The van der Waals surface area contributed by atoms with Gasteiger partial charge in [0.15, 0.2) is 5.82 Å². The van der Waals surface area contributed by atoms with Gasteiger partial charge in [-0.25, -0.2) is 8.78 Å². The van der Waals surface area contributed by atoms with Crippen LogP contribution in [-0.2, 0) is 4.79 Å². The maximum absolute atomic E-state index is 17.4. The lowest BCUT2D eigenvalue weighted by Crippen LogP contribution is -2.61. The van der Waals surface area contributed by atoms with E-state index in [1.165, 1.54) is 18.2 Å². The third-order valence-corrected chi connectivity index (χ3v) is 12.9. The molecule has 13 heteroatoms. The van der Waals surface area contributed by atoms with Crippen molar-refractivity contribution in [3.05, 3.63) is 53.1 Å². The number of fused-ring (bicyclic) bond motifs is 3. The second kappa shape index (κ2) is 13.4. The molecule has 0 atom stereocenters. The monoisotopic (exact) mass is 745 g/mol. The van der Waals surface area contributed by atoms with E-state index >= 15 is 8.78 Å². The van der Waals surface area contributed by atoms with Gasteiger partial charge in [-0.1, -0.05) is 30.7 Å². The number of ether oxygens (including phenoxy) is 1. The first kappa shape index (κ1) is 35.0. The van der Waals surface area contributed by atoms with Gasteiger partial charge in [0.1, 0.15) is 34.8 Å². The topological polar surface area (TPSA) is 97.6 Å². The van der Waals surface area contributed by atoms with Gasteiger partial charge in [0.2, 0.25) is 5.91 Å². The second-order valence-electron chi connectivity index (χ2n) is 15.3. The molecule has 1 amide bonds. The molecule has 4 aliphatic rings. The minimum absolute atomic E-state index is 0.00935. The van der Waals surface area contributed by atoms with E-state index in [0.29, 0.717) is 59.9 Å². The van der Waals surface area contributed by atoms with Gasteiger partial charge in [0.05, 0.1) is 20.8 Å². The Kier molecular flexibility index (Phi) is 9.03. The summed E-state index contributed by atoms with van der Waals surface area (Å²) in [6.45, 7) is 12.6. The zero-order valence-corrected chi connectivity index (χ0v) is 31.1. The Labute approximate surface area is 311 Å². The standard InChI is InChI=1S/C39H42ClF2N7O2S/c1-4-29(50)48-20-38(21-48)11-5-6-14-47(19-38)35-25-17-27(40)31(24-9-10-28(41)34-30(24)26(18-43)36(52-34)44-23(2)3)32(42)33(25)45-37(46-35)51-22-39-12-7-15-49(39)16-8-13-39/h4,9-10,17,23,44H,1,5-8,11-16,19-22H2,2-3H3. The summed E-state index contributed by atoms with van der Waals surface area (Å²) >= 11 is 8.16. The fraction of sp³-hybridized carbons (Fsp3) is 0.487. The Balaban J connectivity index is 1.27. The van der Waals surface area contributed by atoms with Gasteiger partial charge in [-0.3, -0.25) is 9.69 Å². The molecule has 1 N–H and O–H groups in total. The number of rotatable bonds is 8. The number of thiophene rings is 1. The van der Waals surface area contributed by atoms with Crippen LogP contribution in [0.5, 0.6) is 6.01 Å². The number of hydrogen-bond acceptors (Lipinski definition) is 9. The van der Waals surface area contributed by atoms with Crippen LogP contribution in [0.1, 0.15) is 64.4 Å². The fourth-order valence-corrected chi connectivity index (χ4v) is 10.6. The molecule has 0 saturated carbocycles. The Hall–Kier alpha value is -4.05. The summed E-state index contributed by atoms with van der Waals surface area (Å²) in [5.74, 6) is -0.725.